The Labute approximate surface area is 130 Å². The van der Waals surface area contributed by atoms with Gasteiger partial charge in [0.25, 0.3) is 0 Å². The monoisotopic (exact) mass is 311 g/mol. The highest BCUT2D eigenvalue weighted by Gasteiger charge is 2.24. The van der Waals surface area contributed by atoms with Crippen LogP contribution in [0.5, 0.6) is 5.75 Å². The first-order valence-electron chi connectivity index (χ1n) is 7.49. The number of hydrogen-bond donors (Lipinski definition) is 1. The third-order valence-electron chi connectivity index (χ3n) is 3.79. The highest BCUT2D eigenvalue weighted by Crippen LogP contribution is 2.19. The molecule has 4 nitrogen and oxygen atoms in total. The predicted octanol–water partition coefficient (Wildman–Crippen LogP) is 2.87. The third-order valence-corrected chi connectivity index (χ3v) is 4.02. The normalized spacial score (nSPS) is 19.1. The number of aliphatic hydroxyl groups excluding tert-OH is 1. The van der Waals surface area contributed by atoms with Crippen LogP contribution < -0.4 is 4.74 Å². The van der Waals surface area contributed by atoms with Crippen LogP contribution in [-0.4, -0.2) is 41.7 Å². The summed E-state index contributed by atoms with van der Waals surface area (Å²) in [5.41, 5.74) is 0. The van der Waals surface area contributed by atoms with E-state index in [0.29, 0.717) is 23.8 Å². The molecular weight excluding hydrogens is 290 g/mol. The first-order chi connectivity index (χ1) is 10.2. The molecule has 1 amide bonds. The summed E-state index contributed by atoms with van der Waals surface area (Å²) in [6, 6.07) is 7.11. The Morgan fingerprint density at radius 1 is 1.38 bits per heavy atom. The van der Waals surface area contributed by atoms with Gasteiger partial charge in [-0.3, -0.25) is 4.79 Å². The first kappa shape index (κ1) is 16.1. The van der Waals surface area contributed by atoms with E-state index in [2.05, 4.69) is 0 Å². The Morgan fingerprint density at radius 2 is 2.24 bits per heavy atom. The van der Waals surface area contributed by atoms with Gasteiger partial charge in [-0.25, -0.2) is 0 Å². The van der Waals surface area contributed by atoms with Gasteiger partial charge in [0.1, 0.15) is 5.75 Å². The van der Waals surface area contributed by atoms with Crippen LogP contribution in [0.2, 0.25) is 5.02 Å². The summed E-state index contributed by atoms with van der Waals surface area (Å²) < 4.78 is 5.55. The molecule has 1 aliphatic heterocycles. The predicted molar refractivity (Wildman–Crippen MR) is 82.6 cm³/mol. The maximum absolute atomic E-state index is 12.3. The Balaban J connectivity index is 1.82. The van der Waals surface area contributed by atoms with Crippen LogP contribution >= 0.6 is 11.6 Å². The fourth-order valence-corrected chi connectivity index (χ4v) is 2.83. The quantitative estimate of drug-likeness (QED) is 0.909. The number of ether oxygens (including phenoxy) is 1. The minimum atomic E-state index is -0.0360. The number of aliphatic hydroxyl groups is 1. The summed E-state index contributed by atoms with van der Waals surface area (Å²) in [4.78, 5) is 14.1. The fraction of sp³-hybridized carbons (Fsp3) is 0.562. The van der Waals surface area contributed by atoms with Crippen LogP contribution in [0.1, 0.15) is 32.1 Å². The van der Waals surface area contributed by atoms with Gasteiger partial charge in [-0.05, 0) is 31.0 Å². The molecule has 0 saturated carbocycles. The Bertz CT molecular complexity index is 467. The number of carbonyl (C=O) groups excluding carboxylic acids is 1. The highest BCUT2D eigenvalue weighted by atomic mass is 35.5. The van der Waals surface area contributed by atoms with Crippen molar-refractivity contribution in [2.24, 2.45) is 0 Å². The number of rotatable bonds is 5. The fourth-order valence-electron chi connectivity index (χ4n) is 2.65. The number of nitrogens with zero attached hydrogens (tertiary/aromatic N) is 1. The largest absolute Gasteiger partial charge is 0.493 e. The lowest BCUT2D eigenvalue weighted by atomic mass is 10.1. The molecule has 1 N–H and O–H groups in total. The molecule has 1 saturated heterocycles. The van der Waals surface area contributed by atoms with Crippen molar-refractivity contribution in [2.75, 3.05) is 19.8 Å². The average Bonchev–Trinajstić information content (AvgIpc) is 2.72. The van der Waals surface area contributed by atoms with Crippen molar-refractivity contribution in [3.05, 3.63) is 29.3 Å². The molecule has 1 heterocycles. The molecule has 0 spiro atoms. The molecule has 0 bridgehead atoms. The van der Waals surface area contributed by atoms with Gasteiger partial charge in [-0.1, -0.05) is 30.5 Å². The molecule has 1 atom stereocenters. The molecular formula is C16H22ClNO3. The van der Waals surface area contributed by atoms with Crippen molar-refractivity contribution in [3.8, 4) is 5.75 Å². The molecule has 1 aromatic rings. The van der Waals surface area contributed by atoms with Crippen molar-refractivity contribution < 1.29 is 14.6 Å². The smallest absolute Gasteiger partial charge is 0.226 e. The Morgan fingerprint density at radius 3 is 3.00 bits per heavy atom. The van der Waals surface area contributed by atoms with E-state index in [-0.39, 0.29) is 18.6 Å². The molecule has 2 rings (SSSR count). The van der Waals surface area contributed by atoms with Crippen LogP contribution in [-0.2, 0) is 4.79 Å². The minimum Gasteiger partial charge on any atom is -0.493 e. The van der Waals surface area contributed by atoms with Crippen molar-refractivity contribution in [1.29, 1.82) is 0 Å². The molecule has 21 heavy (non-hydrogen) atoms. The van der Waals surface area contributed by atoms with E-state index in [1.807, 2.05) is 17.0 Å². The van der Waals surface area contributed by atoms with Crippen molar-refractivity contribution >= 4 is 17.5 Å². The lowest BCUT2D eigenvalue weighted by Gasteiger charge is -2.28. The van der Waals surface area contributed by atoms with Gasteiger partial charge in [0.15, 0.2) is 0 Å². The lowest BCUT2D eigenvalue weighted by Crippen LogP contribution is -2.42. The number of hydrogen-bond acceptors (Lipinski definition) is 3. The van der Waals surface area contributed by atoms with Crippen LogP contribution in [0.3, 0.4) is 0 Å². The van der Waals surface area contributed by atoms with Crippen LogP contribution in [0.4, 0.5) is 0 Å². The molecule has 1 aromatic carbocycles. The third kappa shape index (κ3) is 4.90. The molecule has 1 unspecified atom stereocenters. The molecule has 1 fully saturated rings. The van der Waals surface area contributed by atoms with Gasteiger partial charge < -0.3 is 14.7 Å². The van der Waals surface area contributed by atoms with E-state index in [0.717, 1.165) is 32.2 Å². The summed E-state index contributed by atoms with van der Waals surface area (Å²) in [5, 5.41) is 10.0. The maximum atomic E-state index is 12.3. The minimum absolute atomic E-state index is 0.0360. The SMILES string of the molecule is O=C(CCOc1cccc(Cl)c1)N1CCCCCC1CO. The zero-order chi connectivity index (χ0) is 15.1. The van der Waals surface area contributed by atoms with E-state index in [9.17, 15) is 9.90 Å². The number of benzene rings is 1. The maximum Gasteiger partial charge on any atom is 0.226 e. The van der Waals surface area contributed by atoms with E-state index >= 15 is 0 Å². The van der Waals surface area contributed by atoms with E-state index in [1.54, 1.807) is 12.1 Å². The molecule has 5 heteroatoms. The number of halogens is 1. The van der Waals surface area contributed by atoms with Crippen LogP contribution in [0, 0.1) is 0 Å². The van der Waals surface area contributed by atoms with Crippen LogP contribution in [0.25, 0.3) is 0 Å². The first-order valence-corrected chi connectivity index (χ1v) is 7.87. The Kier molecular flexibility index (Phi) is 6.33. The molecule has 0 aromatic heterocycles. The van der Waals surface area contributed by atoms with Crippen molar-refractivity contribution in [3.63, 3.8) is 0 Å². The summed E-state index contributed by atoms with van der Waals surface area (Å²) in [6.07, 6.45) is 4.42. The molecule has 116 valence electrons. The van der Waals surface area contributed by atoms with E-state index in [4.69, 9.17) is 16.3 Å². The molecule has 0 radical (unpaired) electrons. The van der Waals surface area contributed by atoms with E-state index in [1.165, 1.54) is 0 Å². The highest BCUT2D eigenvalue weighted by molar-refractivity contribution is 6.30. The summed E-state index contributed by atoms with van der Waals surface area (Å²) in [7, 11) is 0. The second kappa shape index (κ2) is 8.25. The van der Waals surface area contributed by atoms with Crippen molar-refractivity contribution in [2.45, 2.75) is 38.1 Å². The topological polar surface area (TPSA) is 49.8 Å². The second-order valence-corrected chi connectivity index (χ2v) is 5.77. The number of likely N-dealkylation sites (tertiary alicyclic amines) is 1. The van der Waals surface area contributed by atoms with E-state index < -0.39 is 0 Å². The molecule has 1 aliphatic rings. The van der Waals surface area contributed by atoms with Crippen molar-refractivity contribution in [1.82, 2.24) is 4.90 Å². The Hall–Kier alpha value is -1.26. The van der Waals surface area contributed by atoms with Gasteiger partial charge in [0, 0.05) is 11.6 Å². The summed E-state index contributed by atoms with van der Waals surface area (Å²) in [6.45, 7) is 1.11. The average molecular weight is 312 g/mol. The zero-order valence-corrected chi connectivity index (χ0v) is 12.9. The van der Waals surface area contributed by atoms with Gasteiger partial charge in [-0.15, -0.1) is 0 Å². The zero-order valence-electron chi connectivity index (χ0n) is 12.1. The standard InChI is InChI=1S/C16H22ClNO3/c17-13-5-4-7-15(11-13)21-10-8-16(20)18-9-3-1-2-6-14(18)12-19/h4-5,7,11,14,19H,1-3,6,8-10,12H2. The number of amides is 1. The lowest BCUT2D eigenvalue weighted by molar-refractivity contribution is -0.134. The van der Waals surface area contributed by atoms with Gasteiger partial charge in [0.2, 0.25) is 5.91 Å². The van der Waals surface area contributed by atoms with Crippen LogP contribution in [0.15, 0.2) is 24.3 Å². The second-order valence-electron chi connectivity index (χ2n) is 5.33. The van der Waals surface area contributed by atoms with Gasteiger partial charge in [-0.2, -0.15) is 0 Å². The summed E-state index contributed by atoms with van der Waals surface area (Å²) >= 11 is 5.88. The number of carbonyl (C=O) groups is 1. The summed E-state index contributed by atoms with van der Waals surface area (Å²) in [5.74, 6) is 0.725. The molecule has 0 aliphatic carbocycles. The van der Waals surface area contributed by atoms with Gasteiger partial charge in [0.05, 0.1) is 25.7 Å². The van der Waals surface area contributed by atoms with Gasteiger partial charge >= 0.3 is 0 Å².